The largest absolute Gasteiger partial charge is 0.272 e. The standard InChI is InChI=1S/C13H13FN2O/c1-7-5-10(14)12-8(2)15-16(11(12)6-7)13(17)9-3-4-9/h5-6,9H,3-4H2,1-2H3. The molecular formula is C13H13FN2O. The Labute approximate surface area is 98.2 Å². The van der Waals surface area contributed by atoms with E-state index >= 15 is 0 Å². The molecule has 1 aliphatic rings. The van der Waals surface area contributed by atoms with E-state index in [0.717, 1.165) is 18.4 Å². The van der Waals surface area contributed by atoms with Crippen molar-refractivity contribution in [3.63, 3.8) is 0 Å². The first kappa shape index (κ1) is 10.4. The third kappa shape index (κ3) is 1.55. The second kappa shape index (κ2) is 3.39. The van der Waals surface area contributed by atoms with E-state index in [1.54, 1.807) is 6.92 Å². The van der Waals surface area contributed by atoms with Crippen LogP contribution in [0.25, 0.3) is 10.9 Å². The Bertz CT molecular complexity index is 626. The Morgan fingerprint density at radius 3 is 2.76 bits per heavy atom. The van der Waals surface area contributed by atoms with Crippen LogP contribution in [0.4, 0.5) is 4.39 Å². The van der Waals surface area contributed by atoms with Crippen molar-refractivity contribution in [2.24, 2.45) is 5.92 Å². The van der Waals surface area contributed by atoms with Crippen LogP contribution in [0.1, 0.15) is 28.9 Å². The van der Waals surface area contributed by atoms with Crippen molar-refractivity contribution in [1.29, 1.82) is 0 Å². The van der Waals surface area contributed by atoms with Crippen molar-refractivity contribution in [3.05, 3.63) is 29.2 Å². The van der Waals surface area contributed by atoms with Crippen molar-refractivity contribution in [2.45, 2.75) is 26.7 Å². The molecule has 0 amide bonds. The fraction of sp³-hybridized carbons (Fsp3) is 0.385. The first-order valence-corrected chi connectivity index (χ1v) is 5.77. The third-order valence-corrected chi connectivity index (χ3v) is 3.19. The van der Waals surface area contributed by atoms with E-state index in [2.05, 4.69) is 5.10 Å². The van der Waals surface area contributed by atoms with Crippen molar-refractivity contribution >= 4 is 16.8 Å². The van der Waals surface area contributed by atoms with E-state index in [9.17, 15) is 9.18 Å². The van der Waals surface area contributed by atoms with Crippen molar-refractivity contribution in [2.75, 3.05) is 0 Å². The molecule has 0 aliphatic heterocycles. The van der Waals surface area contributed by atoms with Crippen LogP contribution in [0.15, 0.2) is 12.1 Å². The number of carbonyl (C=O) groups excluding carboxylic acids is 1. The Hall–Kier alpha value is -1.71. The fourth-order valence-electron chi connectivity index (χ4n) is 2.17. The molecule has 1 fully saturated rings. The summed E-state index contributed by atoms with van der Waals surface area (Å²) in [5, 5.41) is 4.64. The molecule has 3 rings (SSSR count). The normalized spacial score (nSPS) is 15.5. The minimum absolute atomic E-state index is 0.00639. The summed E-state index contributed by atoms with van der Waals surface area (Å²) in [5.74, 6) is -0.221. The Balaban J connectivity index is 2.28. The molecule has 1 aromatic heterocycles. The quantitative estimate of drug-likeness (QED) is 0.757. The van der Waals surface area contributed by atoms with Crippen LogP contribution in [0, 0.1) is 25.6 Å². The number of aromatic nitrogens is 2. The van der Waals surface area contributed by atoms with Crippen molar-refractivity contribution in [3.8, 4) is 0 Å². The summed E-state index contributed by atoms with van der Waals surface area (Å²) < 4.78 is 15.2. The lowest BCUT2D eigenvalue weighted by molar-refractivity contribution is 0.0875. The number of fused-ring (bicyclic) bond motifs is 1. The maximum atomic E-state index is 13.8. The molecule has 0 radical (unpaired) electrons. The predicted molar refractivity (Wildman–Crippen MR) is 62.5 cm³/mol. The number of rotatable bonds is 1. The SMILES string of the molecule is Cc1cc(F)c2c(C)nn(C(=O)C3CC3)c2c1. The summed E-state index contributed by atoms with van der Waals surface area (Å²) in [5.41, 5.74) is 1.98. The van der Waals surface area contributed by atoms with Crippen LogP contribution in [0.2, 0.25) is 0 Å². The monoisotopic (exact) mass is 232 g/mol. The zero-order valence-electron chi connectivity index (χ0n) is 9.83. The van der Waals surface area contributed by atoms with Crippen molar-refractivity contribution in [1.82, 2.24) is 9.78 Å². The van der Waals surface area contributed by atoms with Gasteiger partial charge >= 0.3 is 0 Å². The van der Waals surface area contributed by atoms with Gasteiger partial charge in [-0.15, -0.1) is 0 Å². The Morgan fingerprint density at radius 2 is 2.12 bits per heavy atom. The van der Waals surface area contributed by atoms with E-state index in [0.29, 0.717) is 16.6 Å². The van der Waals surface area contributed by atoms with Crippen LogP contribution < -0.4 is 0 Å². The number of halogens is 1. The molecule has 0 saturated heterocycles. The summed E-state index contributed by atoms with van der Waals surface area (Å²) in [6, 6.07) is 3.29. The van der Waals surface area contributed by atoms with Crippen molar-refractivity contribution < 1.29 is 9.18 Å². The van der Waals surface area contributed by atoms with Gasteiger partial charge < -0.3 is 0 Å². The van der Waals surface area contributed by atoms with Crippen LogP contribution in [-0.4, -0.2) is 15.7 Å². The van der Waals surface area contributed by atoms with Gasteiger partial charge in [0.2, 0.25) is 0 Å². The number of hydrogen-bond acceptors (Lipinski definition) is 2. The second-order valence-corrected chi connectivity index (χ2v) is 4.75. The summed E-state index contributed by atoms with van der Waals surface area (Å²) >= 11 is 0. The molecule has 0 unspecified atom stereocenters. The first-order chi connectivity index (χ1) is 8.08. The highest BCUT2D eigenvalue weighted by Gasteiger charge is 2.32. The van der Waals surface area contributed by atoms with E-state index < -0.39 is 0 Å². The molecule has 88 valence electrons. The molecule has 3 nitrogen and oxygen atoms in total. The topological polar surface area (TPSA) is 34.9 Å². The maximum Gasteiger partial charge on any atom is 0.250 e. The average Bonchev–Trinajstić information content (AvgIpc) is 3.03. The predicted octanol–water partition coefficient (Wildman–Crippen LogP) is 2.84. The third-order valence-electron chi connectivity index (χ3n) is 3.19. The minimum atomic E-state index is -0.299. The minimum Gasteiger partial charge on any atom is -0.272 e. The number of carbonyl (C=O) groups is 1. The molecular weight excluding hydrogens is 219 g/mol. The van der Waals surface area contributed by atoms with Gasteiger partial charge in [0, 0.05) is 5.92 Å². The lowest BCUT2D eigenvalue weighted by Gasteiger charge is -2.01. The average molecular weight is 232 g/mol. The van der Waals surface area contributed by atoms with Gasteiger partial charge in [0.25, 0.3) is 5.91 Å². The molecule has 0 bridgehead atoms. The number of aryl methyl sites for hydroxylation is 2. The Kier molecular flexibility index (Phi) is 2.08. The number of hydrogen-bond donors (Lipinski definition) is 0. The second-order valence-electron chi connectivity index (χ2n) is 4.75. The highest BCUT2D eigenvalue weighted by molar-refractivity contribution is 5.94. The lowest BCUT2D eigenvalue weighted by atomic mass is 10.1. The van der Waals surface area contributed by atoms with Crippen LogP contribution in [0.5, 0.6) is 0 Å². The lowest BCUT2D eigenvalue weighted by Crippen LogP contribution is -2.14. The van der Waals surface area contributed by atoms with Crippen LogP contribution >= 0.6 is 0 Å². The molecule has 4 heteroatoms. The van der Waals surface area contributed by atoms with Gasteiger partial charge in [0.15, 0.2) is 0 Å². The van der Waals surface area contributed by atoms with E-state index in [-0.39, 0.29) is 17.6 Å². The molecule has 0 atom stereocenters. The summed E-state index contributed by atoms with van der Waals surface area (Å²) in [6.45, 7) is 3.55. The maximum absolute atomic E-state index is 13.8. The number of benzene rings is 1. The van der Waals surface area contributed by atoms with Gasteiger partial charge in [-0.2, -0.15) is 9.78 Å². The Morgan fingerprint density at radius 1 is 1.41 bits per heavy atom. The summed E-state index contributed by atoms with van der Waals surface area (Å²) in [7, 11) is 0. The first-order valence-electron chi connectivity index (χ1n) is 5.77. The molecule has 0 spiro atoms. The van der Waals surface area contributed by atoms with Gasteiger partial charge in [0.05, 0.1) is 16.6 Å². The molecule has 1 aromatic carbocycles. The fourth-order valence-corrected chi connectivity index (χ4v) is 2.17. The van der Waals surface area contributed by atoms with E-state index in [4.69, 9.17) is 0 Å². The van der Waals surface area contributed by atoms with Gasteiger partial charge in [-0.3, -0.25) is 4.79 Å². The van der Waals surface area contributed by atoms with Gasteiger partial charge in [-0.1, -0.05) is 0 Å². The molecule has 1 heterocycles. The van der Waals surface area contributed by atoms with Gasteiger partial charge in [-0.05, 0) is 44.4 Å². The highest BCUT2D eigenvalue weighted by Crippen LogP contribution is 2.32. The molecule has 2 aromatic rings. The van der Waals surface area contributed by atoms with Crippen LogP contribution in [-0.2, 0) is 0 Å². The zero-order chi connectivity index (χ0) is 12.2. The van der Waals surface area contributed by atoms with Gasteiger partial charge in [-0.25, -0.2) is 4.39 Å². The van der Waals surface area contributed by atoms with E-state index in [1.807, 2.05) is 13.0 Å². The molecule has 17 heavy (non-hydrogen) atoms. The van der Waals surface area contributed by atoms with Gasteiger partial charge in [0.1, 0.15) is 5.82 Å². The zero-order valence-corrected chi connectivity index (χ0v) is 9.83. The number of nitrogens with zero attached hydrogens (tertiary/aromatic N) is 2. The smallest absolute Gasteiger partial charge is 0.250 e. The van der Waals surface area contributed by atoms with E-state index in [1.165, 1.54) is 10.7 Å². The molecule has 1 aliphatic carbocycles. The van der Waals surface area contributed by atoms with Crippen LogP contribution in [0.3, 0.4) is 0 Å². The summed E-state index contributed by atoms with van der Waals surface area (Å²) in [6.07, 6.45) is 1.85. The summed E-state index contributed by atoms with van der Waals surface area (Å²) in [4.78, 5) is 12.0. The molecule has 0 N–H and O–H groups in total. The molecule has 1 saturated carbocycles. The highest BCUT2D eigenvalue weighted by atomic mass is 19.1.